The van der Waals surface area contributed by atoms with E-state index >= 15 is 0 Å². The van der Waals surface area contributed by atoms with Crippen molar-refractivity contribution in [1.82, 2.24) is 4.98 Å². The van der Waals surface area contributed by atoms with E-state index in [0.29, 0.717) is 47.6 Å². The van der Waals surface area contributed by atoms with Crippen LogP contribution < -0.4 is 15.5 Å². The number of nitrogens with one attached hydrogen (secondary N) is 3. The van der Waals surface area contributed by atoms with E-state index in [2.05, 4.69) is 48.2 Å². The Morgan fingerprint density at radius 2 is 1.68 bits per heavy atom. The number of carboxylic acids is 1. The number of halogens is 3. The normalized spacial score (nSPS) is 11.3. The minimum Gasteiger partial charge on any atom is -0.477 e. The molecular weight excluding hydrogens is 538 g/mol. The van der Waals surface area contributed by atoms with Crippen molar-refractivity contribution in [1.29, 1.82) is 0 Å². The molecule has 3 aromatic carbocycles. The molecule has 4 N–H and O–H groups in total. The number of aromatic amines is 1. The number of benzene rings is 3. The second kappa shape index (κ2) is 12.0. The Kier molecular flexibility index (Phi) is 8.64. The van der Waals surface area contributed by atoms with Gasteiger partial charge in [0.15, 0.2) is 0 Å². The number of aromatic carboxylic acids is 1. The quantitative estimate of drug-likeness (QED) is 0.163. The van der Waals surface area contributed by atoms with Crippen molar-refractivity contribution < 1.29 is 23.5 Å². The fourth-order valence-corrected chi connectivity index (χ4v) is 5.04. The lowest BCUT2D eigenvalue weighted by molar-refractivity contribution is 0.0691. The predicted molar refractivity (Wildman–Crippen MR) is 157 cm³/mol. The van der Waals surface area contributed by atoms with Gasteiger partial charge in [0.25, 0.3) is 0 Å². The third-order valence-electron chi connectivity index (χ3n) is 6.19. The molecule has 1 aromatic heterocycles. The molecule has 0 saturated heterocycles. The van der Waals surface area contributed by atoms with E-state index in [9.17, 15) is 23.5 Å². The first-order valence-corrected chi connectivity index (χ1v) is 13.3. The zero-order valence-corrected chi connectivity index (χ0v) is 23.4. The highest BCUT2D eigenvalue weighted by molar-refractivity contribution is 6.40. The standard InChI is InChI=1S/C30H31ClF2N4O3/c1-16(2)14-37(15-17(3)4)28-21(9-11-24-25(28)26(31)27(35-24)29(38)39)18-6-5-7-20(12-18)34-30(40)36-23-10-8-19(32)13-22(23)33/h5-13,16-17,35H,14-15H2,1-4H3,(H,38,39)(H2,34,36,40). The van der Waals surface area contributed by atoms with Crippen LogP contribution in [0.15, 0.2) is 54.6 Å². The maximum absolute atomic E-state index is 14.0. The Bertz CT molecular complexity index is 1560. The molecule has 0 aliphatic rings. The van der Waals surface area contributed by atoms with Crippen molar-refractivity contribution in [3.63, 3.8) is 0 Å². The third kappa shape index (κ3) is 6.37. The number of fused-ring (bicyclic) bond motifs is 1. The van der Waals surface area contributed by atoms with Crippen LogP contribution in [0, 0.1) is 23.5 Å². The number of H-pyrrole nitrogens is 1. The van der Waals surface area contributed by atoms with E-state index in [1.807, 2.05) is 12.1 Å². The number of carbonyl (C=O) groups is 2. The molecule has 210 valence electrons. The molecule has 0 unspecified atom stereocenters. The van der Waals surface area contributed by atoms with E-state index in [0.717, 1.165) is 28.9 Å². The summed E-state index contributed by atoms with van der Waals surface area (Å²) < 4.78 is 27.2. The van der Waals surface area contributed by atoms with Gasteiger partial charge in [0.05, 0.1) is 16.4 Å². The Morgan fingerprint density at radius 3 is 2.30 bits per heavy atom. The number of carboxylic acid groups (broad SMARTS) is 1. The molecule has 0 radical (unpaired) electrons. The Balaban J connectivity index is 1.78. The fourth-order valence-electron chi connectivity index (χ4n) is 4.72. The van der Waals surface area contributed by atoms with Gasteiger partial charge in [-0.2, -0.15) is 0 Å². The minimum atomic E-state index is -1.15. The van der Waals surface area contributed by atoms with Crippen LogP contribution in [0.5, 0.6) is 0 Å². The molecule has 0 aliphatic heterocycles. The molecular formula is C30H31ClF2N4O3. The van der Waals surface area contributed by atoms with Crippen LogP contribution in [0.3, 0.4) is 0 Å². The van der Waals surface area contributed by atoms with E-state index < -0.39 is 23.6 Å². The summed E-state index contributed by atoms with van der Waals surface area (Å²) in [7, 11) is 0. The first-order valence-electron chi connectivity index (χ1n) is 12.9. The Labute approximate surface area is 236 Å². The molecule has 0 saturated carbocycles. The van der Waals surface area contributed by atoms with E-state index in [-0.39, 0.29) is 16.4 Å². The highest BCUT2D eigenvalue weighted by Crippen LogP contribution is 2.43. The molecule has 2 amide bonds. The van der Waals surface area contributed by atoms with Gasteiger partial charge >= 0.3 is 12.0 Å². The van der Waals surface area contributed by atoms with E-state index in [4.69, 9.17) is 11.6 Å². The number of rotatable bonds is 9. The molecule has 7 nitrogen and oxygen atoms in total. The number of urea groups is 1. The lowest BCUT2D eigenvalue weighted by atomic mass is 9.98. The summed E-state index contributed by atoms with van der Waals surface area (Å²) in [6.07, 6.45) is 0. The molecule has 1 heterocycles. The van der Waals surface area contributed by atoms with Crippen LogP contribution in [0.1, 0.15) is 38.2 Å². The third-order valence-corrected chi connectivity index (χ3v) is 6.57. The van der Waals surface area contributed by atoms with Gasteiger partial charge in [-0.15, -0.1) is 0 Å². The topological polar surface area (TPSA) is 97.5 Å². The highest BCUT2D eigenvalue weighted by Gasteiger charge is 2.25. The summed E-state index contributed by atoms with van der Waals surface area (Å²) in [6.45, 7) is 9.86. The molecule has 4 aromatic rings. The fraction of sp³-hybridized carbons (Fsp3) is 0.267. The van der Waals surface area contributed by atoms with Gasteiger partial charge in [0.1, 0.15) is 17.3 Å². The van der Waals surface area contributed by atoms with E-state index in [1.165, 1.54) is 0 Å². The monoisotopic (exact) mass is 568 g/mol. The summed E-state index contributed by atoms with van der Waals surface area (Å²) in [6, 6.07) is 13.0. The number of anilines is 3. The van der Waals surface area contributed by atoms with Crippen LogP contribution in [0.4, 0.5) is 30.6 Å². The molecule has 40 heavy (non-hydrogen) atoms. The molecule has 0 aliphatic carbocycles. The number of nitrogens with zero attached hydrogens (tertiary/aromatic N) is 1. The molecule has 0 fully saturated rings. The van der Waals surface area contributed by atoms with Crippen molar-refractivity contribution in [2.75, 3.05) is 28.6 Å². The van der Waals surface area contributed by atoms with Crippen molar-refractivity contribution >= 4 is 51.6 Å². The smallest absolute Gasteiger partial charge is 0.353 e. The van der Waals surface area contributed by atoms with Crippen molar-refractivity contribution in [2.45, 2.75) is 27.7 Å². The first kappa shape index (κ1) is 28.9. The number of aromatic nitrogens is 1. The molecule has 4 rings (SSSR count). The van der Waals surface area contributed by atoms with Crippen LogP contribution in [-0.2, 0) is 0 Å². The molecule has 10 heteroatoms. The maximum Gasteiger partial charge on any atom is 0.353 e. The summed E-state index contributed by atoms with van der Waals surface area (Å²) in [5, 5.41) is 15.5. The van der Waals surface area contributed by atoms with Gasteiger partial charge in [-0.05, 0) is 47.7 Å². The second-order valence-electron chi connectivity index (χ2n) is 10.5. The zero-order chi connectivity index (χ0) is 29.1. The van der Waals surface area contributed by atoms with Crippen molar-refractivity contribution in [3.8, 4) is 11.1 Å². The number of hydrogen-bond donors (Lipinski definition) is 4. The van der Waals surface area contributed by atoms with Gasteiger partial charge in [0.2, 0.25) is 0 Å². The summed E-state index contributed by atoms with van der Waals surface area (Å²) in [5.74, 6) is -2.17. The Morgan fingerprint density at radius 1 is 0.975 bits per heavy atom. The molecule has 0 bridgehead atoms. The average molecular weight is 569 g/mol. The summed E-state index contributed by atoms with van der Waals surface area (Å²) >= 11 is 6.68. The second-order valence-corrected chi connectivity index (χ2v) is 10.9. The average Bonchev–Trinajstić information content (AvgIpc) is 3.21. The first-order chi connectivity index (χ1) is 18.9. The summed E-state index contributed by atoms with van der Waals surface area (Å²) in [5.41, 5.74) is 3.17. The lowest BCUT2D eigenvalue weighted by Crippen LogP contribution is -2.32. The molecule has 0 atom stereocenters. The summed E-state index contributed by atoms with van der Waals surface area (Å²) in [4.78, 5) is 29.6. The van der Waals surface area contributed by atoms with Crippen molar-refractivity contribution in [2.24, 2.45) is 11.8 Å². The SMILES string of the molecule is CC(C)CN(CC(C)C)c1c(-c2cccc(NC(=O)Nc3ccc(F)cc3F)c2)ccc2[nH]c(C(=O)O)c(Cl)c12. The number of hydrogen-bond acceptors (Lipinski definition) is 3. The number of amides is 2. The Hall–Kier alpha value is -4.11. The molecule has 0 spiro atoms. The van der Waals surface area contributed by atoms with Crippen LogP contribution >= 0.6 is 11.6 Å². The zero-order valence-electron chi connectivity index (χ0n) is 22.6. The van der Waals surface area contributed by atoms with Gasteiger partial charge in [0, 0.05) is 41.3 Å². The van der Waals surface area contributed by atoms with Gasteiger partial charge < -0.3 is 25.6 Å². The van der Waals surface area contributed by atoms with Crippen LogP contribution in [0.25, 0.3) is 22.0 Å². The van der Waals surface area contributed by atoms with Crippen LogP contribution in [0.2, 0.25) is 5.02 Å². The maximum atomic E-state index is 14.0. The van der Waals surface area contributed by atoms with Gasteiger partial charge in [-0.1, -0.05) is 57.5 Å². The largest absolute Gasteiger partial charge is 0.477 e. The number of carbonyl (C=O) groups excluding carboxylic acids is 1. The van der Waals surface area contributed by atoms with E-state index in [1.54, 1.807) is 24.3 Å². The lowest BCUT2D eigenvalue weighted by Gasteiger charge is -2.31. The minimum absolute atomic E-state index is 0.0794. The van der Waals surface area contributed by atoms with Gasteiger partial charge in [-0.25, -0.2) is 18.4 Å². The highest BCUT2D eigenvalue weighted by atomic mass is 35.5. The van der Waals surface area contributed by atoms with Gasteiger partial charge in [-0.3, -0.25) is 0 Å². The van der Waals surface area contributed by atoms with Crippen LogP contribution in [-0.4, -0.2) is 35.2 Å². The van der Waals surface area contributed by atoms with Crippen molar-refractivity contribution in [3.05, 3.63) is 76.9 Å². The predicted octanol–water partition coefficient (Wildman–Crippen LogP) is 8.23.